The summed E-state index contributed by atoms with van der Waals surface area (Å²) < 4.78 is 4.59. The Morgan fingerprint density at radius 2 is 2.58 bits per heavy atom. The van der Waals surface area contributed by atoms with Gasteiger partial charge in [0.25, 0.3) is 0 Å². The molecule has 0 aromatic rings. The minimum absolute atomic E-state index is 0.409. The minimum Gasteiger partial charge on any atom is -0.450 e. The number of carbonyl (C=O) groups is 1. The molecule has 0 spiro atoms. The molecule has 1 radical (unpaired) electrons. The van der Waals surface area contributed by atoms with Gasteiger partial charge >= 0.3 is 6.09 Å². The van der Waals surface area contributed by atoms with Crippen molar-refractivity contribution in [2.24, 2.45) is 11.7 Å². The first-order valence-electron chi connectivity index (χ1n) is 4.25. The van der Waals surface area contributed by atoms with Gasteiger partial charge in [-0.3, -0.25) is 0 Å². The fourth-order valence-electron chi connectivity index (χ4n) is 1.34. The zero-order chi connectivity index (χ0) is 8.81. The van der Waals surface area contributed by atoms with Crippen molar-refractivity contribution in [1.82, 2.24) is 5.32 Å². The molecule has 0 aromatic heterocycles. The van der Waals surface area contributed by atoms with E-state index in [1.165, 1.54) is 6.42 Å². The van der Waals surface area contributed by atoms with Gasteiger partial charge in [0, 0.05) is 0 Å². The molecule has 1 aliphatic heterocycles. The van der Waals surface area contributed by atoms with Gasteiger partial charge in [-0.1, -0.05) is 0 Å². The van der Waals surface area contributed by atoms with Crippen LogP contribution >= 0.6 is 0 Å². The maximum Gasteiger partial charge on any atom is 0.404 e. The zero-order valence-corrected chi connectivity index (χ0v) is 7.08. The second-order valence-corrected chi connectivity index (χ2v) is 2.94. The smallest absolute Gasteiger partial charge is 0.404 e. The Labute approximate surface area is 72.5 Å². The summed E-state index contributed by atoms with van der Waals surface area (Å²) in [5.41, 5.74) is 4.80. The molecule has 1 fully saturated rings. The van der Waals surface area contributed by atoms with Crippen LogP contribution in [-0.4, -0.2) is 25.8 Å². The van der Waals surface area contributed by atoms with Gasteiger partial charge < -0.3 is 15.8 Å². The van der Waals surface area contributed by atoms with Crippen molar-refractivity contribution in [3.63, 3.8) is 0 Å². The molecule has 1 amide bonds. The highest BCUT2D eigenvalue weighted by Crippen LogP contribution is 2.12. The van der Waals surface area contributed by atoms with Crippen LogP contribution in [0.4, 0.5) is 4.79 Å². The largest absolute Gasteiger partial charge is 0.450 e. The topological polar surface area (TPSA) is 64.4 Å². The molecule has 0 saturated carbocycles. The second kappa shape index (κ2) is 4.98. The molecule has 1 rings (SSSR count). The van der Waals surface area contributed by atoms with E-state index in [9.17, 15) is 4.79 Å². The number of primary amides is 1. The van der Waals surface area contributed by atoms with Crippen LogP contribution < -0.4 is 11.1 Å². The van der Waals surface area contributed by atoms with Gasteiger partial charge in [0.2, 0.25) is 0 Å². The van der Waals surface area contributed by atoms with Crippen LogP contribution in [0, 0.1) is 12.3 Å². The molecular formula is C8H15N2O2. The molecule has 0 bridgehead atoms. The Balaban J connectivity index is 1.91. The summed E-state index contributed by atoms with van der Waals surface area (Å²) in [6.07, 6.45) is 3.49. The third-order valence-electron chi connectivity index (χ3n) is 1.96. The molecule has 4 heteroatoms. The van der Waals surface area contributed by atoms with Gasteiger partial charge in [-0.15, -0.1) is 0 Å². The Hall–Kier alpha value is -0.770. The van der Waals surface area contributed by atoms with E-state index in [1.54, 1.807) is 0 Å². The Morgan fingerprint density at radius 3 is 3.17 bits per heavy atom. The summed E-state index contributed by atoms with van der Waals surface area (Å²) in [5, 5.41) is 3.26. The number of carbonyl (C=O) groups excluding carboxylic acids is 1. The number of hydrogen-bond donors (Lipinski definition) is 2. The van der Waals surface area contributed by atoms with Crippen molar-refractivity contribution < 1.29 is 9.53 Å². The predicted molar refractivity (Wildman–Crippen MR) is 45.4 cm³/mol. The molecule has 12 heavy (non-hydrogen) atoms. The van der Waals surface area contributed by atoms with E-state index in [0.717, 1.165) is 19.5 Å². The SMILES string of the molecule is NC(=O)OCC[CH]C1CCNC1. The lowest BCUT2D eigenvalue weighted by Crippen LogP contribution is -2.15. The first kappa shape index (κ1) is 9.32. The second-order valence-electron chi connectivity index (χ2n) is 2.94. The zero-order valence-electron chi connectivity index (χ0n) is 7.08. The molecule has 1 aliphatic rings. The number of hydrogen-bond acceptors (Lipinski definition) is 3. The van der Waals surface area contributed by atoms with Gasteiger partial charge in [-0.2, -0.15) is 0 Å². The first-order chi connectivity index (χ1) is 5.79. The van der Waals surface area contributed by atoms with Crippen molar-refractivity contribution in [2.75, 3.05) is 19.7 Å². The van der Waals surface area contributed by atoms with Crippen LogP contribution in [-0.2, 0) is 4.74 Å². The highest BCUT2D eigenvalue weighted by Gasteiger charge is 2.13. The van der Waals surface area contributed by atoms with Crippen LogP contribution in [0.2, 0.25) is 0 Å². The molecule has 69 valence electrons. The van der Waals surface area contributed by atoms with Crippen molar-refractivity contribution in [3.05, 3.63) is 6.42 Å². The van der Waals surface area contributed by atoms with E-state index in [4.69, 9.17) is 5.73 Å². The van der Waals surface area contributed by atoms with Gasteiger partial charge in [-0.05, 0) is 38.3 Å². The van der Waals surface area contributed by atoms with E-state index in [1.807, 2.05) is 0 Å². The fourth-order valence-corrected chi connectivity index (χ4v) is 1.34. The van der Waals surface area contributed by atoms with Crippen LogP contribution in [0.25, 0.3) is 0 Å². The van der Waals surface area contributed by atoms with Gasteiger partial charge in [-0.25, -0.2) is 4.79 Å². The average molecular weight is 171 g/mol. The summed E-state index contributed by atoms with van der Waals surface area (Å²) in [7, 11) is 0. The van der Waals surface area contributed by atoms with Crippen molar-refractivity contribution in [2.45, 2.75) is 12.8 Å². The average Bonchev–Trinajstić information content (AvgIpc) is 2.49. The quantitative estimate of drug-likeness (QED) is 0.597. The van der Waals surface area contributed by atoms with Crippen molar-refractivity contribution >= 4 is 6.09 Å². The van der Waals surface area contributed by atoms with E-state index in [-0.39, 0.29) is 0 Å². The number of amides is 1. The summed E-state index contributed by atoms with van der Waals surface area (Å²) in [6.45, 7) is 2.56. The number of ether oxygens (including phenoxy) is 1. The maximum atomic E-state index is 10.2. The Bertz CT molecular complexity index is 144. The number of nitrogens with one attached hydrogen (secondary N) is 1. The van der Waals surface area contributed by atoms with Gasteiger partial charge in [0.05, 0.1) is 6.61 Å². The minimum atomic E-state index is -0.687. The fraction of sp³-hybridized carbons (Fsp3) is 0.750. The number of rotatable bonds is 4. The Kier molecular flexibility index (Phi) is 3.87. The van der Waals surface area contributed by atoms with Crippen LogP contribution in [0.3, 0.4) is 0 Å². The highest BCUT2D eigenvalue weighted by molar-refractivity contribution is 5.64. The standard InChI is InChI=1S/C8H15N2O2/c9-8(11)12-5-1-2-7-3-4-10-6-7/h2,7,10H,1,3-6H2,(H2,9,11). The van der Waals surface area contributed by atoms with Crippen LogP contribution in [0.1, 0.15) is 12.8 Å². The number of nitrogens with two attached hydrogens (primary N) is 1. The molecule has 0 aromatic carbocycles. The molecule has 0 aliphatic carbocycles. The van der Waals surface area contributed by atoms with E-state index >= 15 is 0 Å². The molecule has 1 unspecified atom stereocenters. The monoisotopic (exact) mass is 171 g/mol. The van der Waals surface area contributed by atoms with E-state index in [2.05, 4.69) is 16.5 Å². The van der Waals surface area contributed by atoms with E-state index < -0.39 is 6.09 Å². The third kappa shape index (κ3) is 3.57. The molecule has 1 atom stereocenters. The normalized spacial score (nSPS) is 22.5. The molecular weight excluding hydrogens is 156 g/mol. The first-order valence-corrected chi connectivity index (χ1v) is 4.25. The van der Waals surface area contributed by atoms with Crippen LogP contribution in [0.15, 0.2) is 0 Å². The molecule has 3 N–H and O–H groups in total. The predicted octanol–water partition coefficient (Wildman–Crippen LogP) is 0.286. The third-order valence-corrected chi connectivity index (χ3v) is 1.96. The summed E-state index contributed by atoms with van der Waals surface area (Å²) in [4.78, 5) is 10.2. The molecule has 1 saturated heterocycles. The molecule has 4 nitrogen and oxygen atoms in total. The van der Waals surface area contributed by atoms with Gasteiger partial charge in [0.15, 0.2) is 0 Å². The van der Waals surface area contributed by atoms with Crippen LogP contribution in [0.5, 0.6) is 0 Å². The van der Waals surface area contributed by atoms with Crippen molar-refractivity contribution in [1.29, 1.82) is 0 Å². The van der Waals surface area contributed by atoms with E-state index in [0.29, 0.717) is 12.5 Å². The highest BCUT2D eigenvalue weighted by atomic mass is 16.5. The maximum absolute atomic E-state index is 10.2. The lowest BCUT2D eigenvalue weighted by Gasteiger charge is -2.06. The van der Waals surface area contributed by atoms with Gasteiger partial charge in [0.1, 0.15) is 0 Å². The summed E-state index contributed by atoms with van der Waals surface area (Å²) in [6, 6.07) is 0. The summed E-state index contributed by atoms with van der Waals surface area (Å²) in [5.74, 6) is 0.640. The lowest BCUT2D eigenvalue weighted by atomic mass is 10.0. The Morgan fingerprint density at radius 1 is 1.75 bits per heavy atom. The molecule has 1 heterocycles. The lowest BCUT2D eigenvalue weighted by molar-refractivity contribution is 0.157. The van der Waals surface area contributed by atoms with Crippen molar-refractivity contribution in [3.8, 4) is 0 Å². The summed E-state index contributed by atoms with van der Waals surface area (Å²) >= 11 is 0.